The maximum atomic E-state index is 11.3. The Bertz CT molecular complexity index is 189. The van der Waals surface area contributed by atoms with Crippen LogP contribution in [0.25, 0.3) is 0 Å². The number of hydrogen-bond donors (Lipinski definition) is 0. The third-order valence-electron chi connectivity index (χ3n) is 1.59. The lowest BCUT2D eigenvalue weighted by Crippen LogP contribution is -2.31. The molecular formula is C9H17NO3. The zero-order valence-electron chi connectivity index (χ0n) is 8.66. The third-order valence-corrected chi connectivity index (χ3v) is 1.59. The summed E-state index contributed by atoms with van der Waals surface area (Å²) in [5.74, 6) is -0.271. The fourth-order valence-corrected chi connectivity index (χ4v) is 0.980. The Hall–Kier alpha value is -1.06. The van der Waals surface area contributed by atoms with E-state index < -0.39 is 5.97 Å². The summed E-state index contributed by atoms with van der Waals surface area (Å²) in [6.45, 7) is 4.69. The first-order chi connectivity index (χ1) is 5.97. The lowest BCUT2D eigenvalue weighted by Gasteiger charge is -2.18. The van der Waals surface area contributed by atoms with Crippen molar-refractivity contribution in [1.29, 1.82) is 0 Å². The molecule has 0 fully saturated rings. The first kappa shape index (κ1) is 11.9. The highest BCUT2D eigenvalue weighted by atomic mass is 16.5. The number of carbonyl (C=O) groups is 2. The van der Waals surface area contributed by atoms with Crippen LogP contribution >= 0.6 is 0 Å². The van der Waals surface area contributed by atoms with Gasteiger partial charge in [-0.15, -0.1) is 0 Å². The highest BCUT2D eigenvalue weighted by molar-refractivity contribution is 5.94. The number of nitrogens with zero attached hydrogens (tertiary/aromatic N) is 1. The van der Waals surface area contributed by atoms with E-state index in [1.807, 2.05) is 13.8 Å². The Morgan fingerprint density at radius 2 is 1.92 bits per heavy atom. The summed E-state index contributed by atoms with van der Waals surface area (Å²) in [5.41, 5.74) is 0. The lowest BCUT2D eigenvalue weighted by atomic mass is 10.2. The van der Waals surface area contributed by atoms with Gasteiger partial charge in [0.05, 0.1) is 7.11 Å². The van der Waals surface area contributed by atoms with E-state index in [2.05, 4.69) is 4.74 Å². The maximum absolute atomic E-state index is 11.3. The van der Waals surface area contributed by atoms with E-state index in [-0.39, 0.29) is 12.3 Å². The fraction of sp³-hybridized carbons (Fsp3) is 0.778. The second-order valence-electron chi connectivity index (χ2n) is 3.42. The van der Waals surface area contributed by atoms with Crippen molar-refractivity contribution >= 4 is 11.9 Å². The van der Waals surface area contributed by atoms with Crippen molar-refractivity contribution < 1.29 is 14.3 Å². The summed E-state index contributed by atoms with van der Waals surface area (Å²) < 4.78 is 4.39. The minimum Gasteiger partial charge on any atom is -0.469 e. The van der Waals surface area contributed by atoms with Gasteiger partial charge in [0.2, 0.25) is 5.91 Å². The van der Waals surface area contributed by atoms with Crippen molar-refractivity contribution in [2.45, 2.75) is 20.3 Å². The summed E-state index contributed by atoms with van der Waals surface area (Å²) in [6.07, 6.45) is -0.167. The summed E-state index contributed by atoms with van der Waals surface area (Å²) in [5, 5.41) is 0. The summed E-state index contributed by atoms with van der Waals surface area (Å²) in [7, 11) is 2.96. The summed E-state index contributed by atoms with van der Waals surface area (Å²) >= 11 is 0. The average Bonchev–Trinajstić information content (AvgIpc) is 2.02. The Morgan fingerprint density at radius 3 is 2.31 bits per heavy atom. The molecule has 0 aliphatic heterocycles. The van der Waals surface area contributed by atoms with Crippen LogP contribution in [-0.4, -0.2) is 37.5 Å². The normalized spacial score (nSPS) is 9.92. The van der Waals surface area contributed by atoms with Gasteiger partial charge in [-0.25, -0.2) is 0 Å². The van der Waals surface area contributed by atoms with Gasteiger partial charge in [-0.3, -0.25) is 9.59 Å². The van der Waals surface area contributed by atoms with E-state index in [1.165, 1.54) is 7.11 Å². The quantitative estimate of drug-likeness (QED) is 0.480. The molecule has 4 heteroatoms. The number of rotatable bonds is 4. The van der Waals surface area contributed by atoms with Crippen molar-refractivity contribution in [2.75, 3.05) is 20.7 Å². The molecule has 0 N–H and O–H groups in total. The molecule has 0 saturated carbocycles. The molecule has 0 spiro atoms. The molecule has 0 heterocycles. The Balaban J connectivity index is 3.89. The van der Waals surface area contributed by atoms with Crippen molar-refractivity contribution in [3.8, 4) is 0 Å². The van der Waals surface area contributed by atoms with Crippen molar-refractivity contribution in [3.63, 3.8) is 0 Å². The van der Waals surface area contributed by atoms with Crippen LogP contribution in [0.3, 0.4) is 0 Å². The van der Waals surface area contributed by atoms with Crippen LogP contribution in [0.5, 0.6) is 0 Å². The van der Waals surface area contributed by atoms with Gasteiger partial charge < -0.3 is 9.64 Å². The van der Waals surface area contributed by atoms with Gasteiger partial charge >= 0.3 is 5.97 Å². The Morgan fingerprint density at radius 1 is 1.38 bits per heavy atom. The largest absolute Gasteiger partial charge is 0.469 e. The zero-order chi connectivity index (χ0) is 10.4. The van der Waals surface area contributed by atoms with Crippen LogP contribution in [0.2, 0.25) is 0 Å². The highest BCUT2D eigenvalue weighted by Gasteiger charge is 2.14. The van der Waals surface area contributed by atoms with Crippen LogP contribution < -0.4 is 0 Å². The third kappa shape index (κ3) is 5.22. The van der Waals surface area contributed by atoms with Gasteiger partial charge in [-0.2, -0.15) is 0 Å². The smallest absolute Gasteiger partial charge is 0.315 e. The molecule has 0 saturated heterocycles. The number of carbonyl (C=O) groups excluding carboxylic acids is 2. The Labute approximate surface area is 78.9 Å². The van der Waals surface area contributed by atoms with Crippen molar-refractivity contribution in [3.05, 3.63) is 0 Å². The predicted molar refractivity (Wildman–Crippen MR) is 49.1 cm³/mol. The van der Waals surface area contributed by atoms with Gasteiger partial charge in [-0.05, 0) is 5.92 Å². The molecule has 0 aliphatic rings. The minimum absolute atomic E-state index is 0.167. The van der Waals surface area contributed by atoms with Crippen LogP contribution in [0.15, 0.2) is 0 Å². The van der Waals surface area contributed by atoms with Crippen LogP contribution in [-0.2, 0) is 14.3 Å². The number of methoxy groups -OCH3 is 1. The second-order valence-corrected chi connectivity index (χ2v) is 3.42. The van der Waals surface area contributed by atoms with E-state index in [0.29, 0.717) is 12.5 Å². The first-order valence-electron chi connectivity index (χ1n) is 4.28. The molecule has 0 aliphatic carbocycles. The number of ether oxygens (including phenoxy) is 1. The first-order valence-corrected chi connectivity index (χ1v) is 4.28. The molecule has 0 atom stereocenters. The van der Waals surface area contributed by atoms with E-state index >= 15 is 0 Å². The van der Waals surface area contributed by atoms with Crippen LogP contribution in [0.1, 0.15) is 20.3 Å². The molecule has 0 rings (SSSR count). The topological polar surface area (TPSA) is 46.6 Å². The standard InChI is InChI=1S/C9H17NO3/c1-7(2)6-10(3)8(11)5-9(12)13-4/h7H,5-6H2,1-4H3. The van der Waals surface area contributed by atoms with Crippen LogP contribution in [0.4, 0.5) is 0 Å². The molecule has 0 aromatic rings. The van der Waals surface area contributed by atoms with Crippen molar-refractivity contribution in [1.82, 2.24) is 4.90 Å². The van der Waals surface area contributed by atoms with Crippen LogP contribution in [0, 0.1) is 5.92 Å². The molecule has 13 heavy (non-hydrogen) atoms. The summed E-state index contributed by atoms with van der Waals surface area (Å²) in [6, 6.07) is 0. The Kier molecular flexibility index (Phi) is 5.11. The highest BCUT2D eigenvalue weighted by Crippen LogP contribution is 1.99. The monoisotopic (exact) mass is 187 g/mol. The molecule has 4 nitrogen and oxygen atoms in total. The van der Waals surface area contributed by atoms with E-state index in [4.69, 9.17) is 0 Å². The van der Waals surface area contributed by atoms with Gasteiger partial charge in [0, 0.05) is 13.6 Å². The molecule has 0 aromatic heterocycles. The second kappa shape index (κ2) is 5.56. The number of hydrogen-bond acceptors (Lipinski definition) is 3. The molecule has 1 amide bonds. The predicted octanol–water partition coefficient (Wildman–Crippen LogP) is 0.664. The van der Waals surface area contributed by atoms with E-state index in [1.54, 1.807) is 11.9 Å². The number of esters is 1. The van der Waals surface area contributed by atoms with Gasteiger partial charge in [0.25, 0.3) is 0 Å². The fourth-order valence-electron chi connectivity index (χ4n) is 0.980. The van der Waals surface area contributed by atoms with Gasteiger partial charge in [0.1, 0.15) is 6.42 Å². The SMILES string of the molecule is COC(=O)CC(=O)N(C)CC(C)C. The van der Waals surface area contributed by atoms with Gasteiger partial charge in [0.15, 0.2) is 0 Å². The minimum atomic E-state index is -0.486. The zero-order valence-corrected chi connectivity index (χ0v) is 8.66. The molecular weight excluding hydrogens is 170 g/mol. The van der Waals surface area contributed by atoms with Crippen molar-refractivity contribution in [2.24, 2.45) is 5.92 Å². The number of amides is 1. The molecule has 0 aromatic carbocycles. The van der Waals surface area contributed by atoms with E-state index in [0.717, 1.165) is 0 Å². The van der Waals surface area contributed by atoms with E-state index in [9.17, 15) is 9.59 Å². The molecule has 0 unspecified atom stereocenters. The molecule has 0 bridgehead atoms. The maximum Gasteiger partial charge on any atom is 0.315 e. The van der Waals surface area contributed by atoms with Gasteiger partial charge in [-0.1, -0.05) is 13.8 Å². The lowest BCUT2D eigenvalue weighted by molar-refractivity contribution is -0.146. The molecule has 0 radical (unpaired) electrons. The average molecular weight is 187 g/mol. The summed E-state index contributed by atoms with van der Waals surface area (Å²) in [4.78, 5) is 23.6. The molecule has 76 valence electrons.